The molecular formula is C16H24I2N2O. The summed E-state index contributed by atoms with van der Waals surface area (Å²) in [5.74, 6) is 1.20. The van der Waals surface area contributed by atoms with Gasteiger partial charge in [-0.25, -0.2) is 0 Å². The van der Waals surface area contributed by atoms with Gasteiger partial charge in [0.1, 0.15) is 5.75 Å². The molecule has 0 aromatic heterocycles. The van der Waals surface area contributed by atoms with Gasteiger partial charge < -0.3 is 14.9 Å². The molecule has 1 unspecified atom stereocenters. The predicted octanol–water partition coefficient (Wildman–Crippen LogP) is 3.77. The van der Waals surface area contributed by atoms with Gasteiger partial charge in [-0.1, -0.05) is 6.92 Å². The zero-order valence-corrected chi connectivity index (χ0v) is 17.1. The standard InChI is InChI=1S/C16H24I2N2O/c1-3-20-6-4-5-12(10-20)9-19(2)11-13-7-14(17)8-15(18)16(13)21/h7-8,12,21H,3-6,9-11H2,1-2H3. The van der Waals surface area contributed by atoms with Crippen LogP contribution in [0.25, 0.3) is 0 Å². The number of phenols is 1. The van der Waals surface area contributed by atoms with Crippen molar-refractivity contribution in [3.8, 4) is 5.75 Å². The Balaban J connectivity index is 1.94. The summed E-state index contributed by atoms with van der Waals surface area (Å²) in [6, 6.07) is 4.11. The first-order valence-corrected chi connectivity index (χ1v) is 9.73. The SMILES string of the molecule is CCN1CCCC(CN(C)Cc2cc(I)cc(I)c2O)C1. The molecule has 2 rings (SSSR count). The van der Waals surface area contributed by atoms with Crippen LogP contribution < -0.4 is 0 Å². The minimum Gasteiger partial charge on any atom is -0.507 e. The van der Waals surface area contributed by atoms with Gasteiger partial charge in [-0.15, -0.1) is 0 Å². The summed E-state index contributed by atoms with van der Waals surface area (Å²) in [6.07, 6.45) is 2.65. The summed E-state index contributed by atoms with van der Waals surface area (Å²) in [5, 5.41) is 10.2. The van der Waals surface area contributed by atoms with Crippen LogP contribution in [0, 0.1) is 13.1 Å². The molecule has 3 nitrogen and oxygen atoms in total. The van der Waals surface area contributed by atoms with Crippen molar-refractivity contribution in [2.45, 2.75) is 26.3 Å². The first-order chi connectivity index (χ1) is 9.99. The van der Waals surface area contributed by atoms with Crippen LogP contribution in [0.5, 0.6) is 5.75 Å². The second-order valence-corrected chi connectivity index (χ2v) is 8.40. The minimum absolute atomic E-state index is 0.446. The average molecular weight is 514 g/mol. The Labute approximate surface area is 155 Å². The van der Waals surface area contributed by atoms with Crippen LogP contribution in [0.3, 0.4) is 0 Å². The molecular weight excluding hydrogens is 490 g/mol. The number of hydrogen-bond acceptors (Lipinski definition) is 3. The van der Waals surface area contributed by atoms with Crippen molar-refractivity contribution in [3.05, 3.63) is 24.8 Å². The molecule has 0 aliphatic carbocycles. The monoisotopic (exact) mass is 514 g/mol. The lowest BCUT2D eigenvalue weighted by Crippen LogP contribution is -2.39. The molecule has 1 atom stereocenters. The molecule has 0 amide bonds. The van der Waals surface area contributed by atoms with E-state index in [-0.39, 0.29) is 0 Å². The molecule has 1 aromatic rings. The molecule has 0 saturated carbocycles. The first-order valence-electron chi connectivity index (χ1n) is 7.57. The van der Waals surface area contributed by atoms with E-state index in [0.29, 0.717) is 5.75 Å². The van der Waals surface area contributed by atoms with E-state index in [1.54, 1.807) is 0 Å². The highest BCUT2D eigenvalue weighted by atomic mass is 127. The van der Waals surface area contributed by atoms with Gasteiger partial charge in [-0.2, -0.15) is 0 Å². The topological polar surface area (TPSA) is 26.7 Å². The number of aromatic hydroxyl groups is 1. The molecule has 1 aliphatic rings. The second kappa shape index (κ2) is 8.31. The number of halogens is 2. The Bertz CT molecular complexity index is 482. The third kappa shape index (κ3) is 5.21. The Morgan fingerprint density at radius 1 is 1.38 bits per heavy atom. The number of likely N-dealkylation sites (tertiary alicyclic amines) is 1. The Hall–Kier alpha value is 0.400. The van der Waals surface area contributed by atoms with Gasteiger partial charge in [0.2, 0.25) is 0 Å². The van der Waals surface area contributed by atoms with Gasteiger partial charge in [-0.05, 0) is 96.2 Å². The van der Waals surface area contributed by atoms with Crippen LogP contribution in [-0.2, 0) is 6.54 Å². The van der Waals surface area contributed by atoms with E-state index in [1.807, 2.05) is 6.07 Å². The summed E-state index contributed by atoms with van der Waals surface area (Å²) in [5.41, 5.74) is 1.04. The van der Waals surface area contributed by atoms with E-state index >= 15 is 0 Å². The molecule has 118 valence electrons. The van der Waals surface area contributed by atoms with E-state index < -0.39 is 0 Å². The number of phenolic OH excluding ortho intramolecular Hbond substituents is 1. The van der Waals surface area contributed by atoms with E-state index in [9.17, 15) is 5.11 Å². The van der Waals surface area contributed by atoms with Gasteiger partial charge in [0.25, 0.3) is 0 Å². The van der Waals surface area contributed by atoms with Crippen molar-refractivity contribution in [2.24, 2.45) is 5.92 Å². The average Bonchev–Trinajstić information content (AvgIpc) is 2.44. The molecule has 1 saturated heterocycles. The molecule has 1 aliphatic heterocycles. The summed E-state index contributed by atoms with van der Waals surface area (Å²) >= 11 is 4.52. The molecule has 1 aromatic carbocycles. The van der Waals surface area contributed by atoms with Crippen molar-refractivity contribution >= 4 is 45.2 Å². The highest BCUT2D eigenvalue weighted by molar-refractivity contribution is 14.1. The maximum absolute atomic E-state index is 10.2. The number of benzene rings is 1. The fraction of sp³-hybridized carbons (Fsp3) is 0.625. The Morgan fingerprint density at radius 2 is 2.14 bits per heavy atom. The summed E-state index contributed by atoms with van der Waals surface area (Å²) in [6.45, 7) is 7.82. The molecule has 1 N–H and O–H groups in total. The normalized spacial score (nSPS) is 20.1. The van der Waals surface area contributed by atoms with Crippen LogP contribution >= 0.6 is 45.2 Å². The first kappa shape index (κ1) is 17.7. The smallest absolute Gasteiger partial charge is 0.133 e. The maximum atomic E-state index is 10.2. The fourth-order valence-corrected chi connectivity index (χ4v) is 5.09. The van der Waals surface area contributed by atoms with Gasteiger partial charge in [0.05, 0.1) is 3.57 Å². The van der Waals surface area contributed by atoms with E-state index in [1.165, 1.54) is 29.5 Å². The van der Waals surface area contributed by atoms with Crippen LogP contribution in [0.2, 0.25) is 0 Å². The third-order valence-electron chi connectivity index (χ3n) is 4.17. The van der Waals surface area contributed by atoms with Crippen molar-refractivity contribution in [3.63, 3.8) is 0 Å². The van der Waals surface area contributed by atoms with Crippen LogP contribution in [0.4, 0.5) is 0 Å². The van der Waals surface area contributed by atoms with Crippen molar-refractivity contribution in [1.29, 1.82) is 0 Å². The zero-order valence-electron chi connectivity index (χ0n) is 12.8. The third-order valence-corrected chi connectivity index (χ3v) is 5.61. The van der Waals surface area contributed by atoms with E-state index in [2.05, 4.69) is 75.0 Å². The molecule has 5 heteroatoms. The lowest BCUT2D eigenvalue weighted by atomic mass is 9.97. The highest BCUT2D eigenvalue weighted by Gasteiger charge is 2.20. The molecule has 21 heavy (non-hydrogen) atoms. The highest BCUT2D eigenvalue weighted by Crippen LogP contribution is 2.28. The lowest BCUT2D eigenvalue weighted by molar-refractivity contribution is 0.146. The van der Waals surface area contributed by atoms with Crippen molar-refractivity contribution < 1.29 is 5.11 Å². The zero-order chi connectivity index (χ0) is 15.4. The van der Waals surface area contributed by atoms with Gasteiger partial charge in [-0.3, -0.25) is 0 Å². The molecule has 1 fully saturated rings. The summed E-state index contributed by atoms with van der Waals surface area (Å²) < 4.78 is 2.13. The molecule has 0 radical (unpaired) electrons. The van der Waals surface area contributed by atoms with Gasteiger partial charge >= 0.3 is 0 Å². The maximum Gasteiger partial charge on any atom is 0.133 e. The number of piperidine rings is 1. The summed E-state index contributed by atoms with van der Waals surface area (Å²) in [4.78, 5) is 4.90. The minimum atomic E-state index is 0.446. The summed E-state index contributed by atoms with van der Waals surface area (Å²) in [7, 11) is 2.16. The fourth-order valence-electron chi connectivity index (χ4n) is 3.12. The Kier molecular flexibility index (Phi) is 7.02. The quantitative estimate of drug-likeness (QED) is 0.607. The largest absolute Gasteiger partial charge is 0.507 e. The van der Waals surface area contributed by atoms with E-state index in [0.717, 1.165) is 34.7 Å². The second-order valence-electron chi connectivity index (χ2n) is 5.99. The number of rotatable bonds is 5. The van der Waals surface area contributed by atoms with Crippen LogP contribution in [-0.4, -0.2) is 48.1 Å². The molecule has 0 spiro atoms. The Morgan fingerprint density at radius 3 is 2.86 bits per heavy atom. The molecule has 1 heterocycles. The van der Waals surface area contributed by atoms with Crippen molar-refractivity contribution in [1.82, 2.24) is 9.80 Å². The van der Waals surface area contributed by atoms with Gasteiger partial charge in [0.15, 0.2) is 0 Å². The predicted molar refractivity (Wildman–Crippen MR) is 105 cm³/mol. The van der Waals surface area contributed by atoms with Crippen LogP contribution in [0.15, 0.2) is 12.1 Å². The lowest BCUT2D eigenvalue weighted by Gasteiger charge is -2.34. The van der Waals surface area contributed by atoms with Crippen molar-refractivity contribution in [2.75, 3.05) is 33.2 Å². The number of hydrogen-bond donors (Lipinski definition) is 1. The van der Waals surface area contributed by atoms with Crippen LogP contribution in [0.1, 0.15) is 25.3 Å². The number of nitrogens with zero attached hydrogens (tertiary/aromatic N) is 2. The van der Waals surface area contributed by atoms with Gasteiger partial charge in [0, 0.05) is 28.8 Å². The van der Waals surface area contributed by atoms with E-state index in [4.69, 9.17) is 0 Å². The molecule has 0 bridgehead atoms.